The second-order valence-corrected chi connectivity index (χ2v) is 7.01. The molecule has 6 heteroatoms. The third-order valence-corrected chi connectivity index (χ3v) is 4.79. The quantitative estimate of drug-likeness (QED) is 0.852. The summed E-state index contributed by atoms with van der Waals surface area (Å²) in [6.07, 6.45) is 0. The van der Waals surface area contributed by atoms with E-state index in [0.29, 0.717) is 17.0 Å². The smallest absolute Gasteiger partial charge is 0.265 e. The van der Waals surface area contributed by atoms with Gasteiger partial charge in [0.2, 0.25) is 0 Å². The molecule has 0 atom stereocenters. The number of ether oxygens (including phenoxy) is 1. The third kappa shape index (κ3) is 3.71. The highest BCUT2D eigenvalue weighted by molar-refractivity contribution is 7.92. The fourth-order valence-corrected chi connectivity index (χ4v) is 3.77. The van der Waals surface area contributed by atoms with E-state index >= 15 is 0 Å². The number of methoxy groups -OCH3 is 1. The van der Waals surface area contributed by atoms with Gasteiger partial charge in [0.25, 0.3) is 10.0 Å². The Balaban J connectivity index is 2.48. The van der Waals surface area contributed by atoms with E-state index in [4.69, 9.17) is 4.74 Å². The van der Waals surface area contributed by atoms with Gasteiger partial charge in [0.15, 0.2) is 5.78 Å². The maximum absolute atomic E-state index is 12.7. The molecule has 0 bridgehead atoms. The van der Waals surface area contributed by atoms with Crippen molar-refractivity contribution in [3.8, 4) is 5.75 Å². The first-order valence-electron chi connectivity index (χ1n) is 7.03. The summed E-state index contributed by atoms with van der Waals surface area (Å²) in [6.45, 7) is 5.05. The number of hydrogen-bond donors (Lipinski definition) is 1. The summed E-state index contributed by atoms with van der Waals surface area (Å²) < 4.78 is 33.1. The minimum absolute atomic E-state index is 0.0747. The van der Waals surface area contributed by atoms with Gasteiger partial charge in [-0.05, 0) is 50.1 Å². The lowest BCUT2D eigenvalue weighted by molar-refractivity contribution is 0.101. The van der Waals surface area contributed by atoms with E-state index in [-0.39, 0.29) is 10.7 Å². The molecular weight excluding hydrogens is 314 g/mol. The molecule has 0 aliphatic carbocycles. The second kappa shape index (κ2) is 6.42. The number of hydrogen-bond acceptors (Lipinski definition) is 4. The number of aryl methyl sites for hydroxylation is 2. The Morgan fingerprint density at radius 1 is 1.13 bits per heavy atom. The van der Waals surface area contributed by atoms with E-state index in [2.05, 4.69) is 4.72 Å². The molecule has 23 heavy (non-hydrogen) atoms. The Kier molecular flexibility index (Phi) is 4.75. The van der Waals surface area contributed by atoms with Crippen molar-refractivity contribution in [2.75, 3.05) is 11.8 Å². The largest absolute Gasteiger partial charge is 0.495 e. The van der Waals surface area contributed by atoms with E-state index in [9.17, 15) is 13.2 Å². The standard InChI is InChI=1S/C17H19NO4S/c1-11-8-12(2)17(22-4)16(9-11)23(20,21)18-15-7-5-6-14(10-15)13(3)19/h5-10,18H,1-4H3. The van der Waals surface area contributed by atoms with Gasteiger partial charge >= 0.3 is 0 Å². The molecule has 5 nitrogen and oxygen atoms in total. The second-order valence-electron chi connectivity index (χ2n) is 5.36. The van der Waals surface area contributed by atoms with Crippen LogP contribution >= 0.6 is 0 Å². The van der Waals surface area contributed by atoms with Gasteiger partial charge in [-0.1, -0.05) is 18.2 Å². The van der Waals surface area contributed by atoms with Crippen LogP contribution in [0.25, 0.3) is 0 Å². The number of carbonyl (C=O) groups is 1. The lowest BCUT2D eigenvalue weighted by atomic mass is 10.1. The van der Waals surface area contributed by atoms with Gasteiger partial charge in [0.1, 0.15) is 10.6 Å². The molecule has 122 valence electrons. The van der Waals surface area contributed by atoms with Crippen molar-refractivity contribution in [2.24, 2.45) is 0 Å². The van der Waals surface area contributed by atoms with Crippen LogP contribution in [0.4, 0.5) is 5.69 Å². The van der Waals surface area contributed by atoms with Gasteiger partial charge in [-0.25, -0.2) is 8.42 Å². The Morgan fingerprint density at radius 3 is 2.43 bits per heavy atom. The molecular formula is C17H19NO4S. The predicted molar refractivity (Wildman–Crippen MR) is 89.7 cm³/mol. The number of nitrogens with one attached hydrogen (secondary N) is 1. The third-order valence-electron chi connectivity index (χ3n) is 3.40. The number of ketones is 1. The van der Waals surface area contributed by atoms with E-state index in [1.54, 1.807) is 31.2 Å². The van der Waals surface area contributed by atoms with Gasteiger partial charge in [0.05, 0.1) is 7.11 Å². The lowest BCUT2D eigenvalue weighted by Gasteiger charge is -2.15. The van der Waals surface area contributed by atoms with Gasteiger partial charge in [-0.15, -0.1) is 0 Å². The lowest BCUT2D eigenvalue weighted by Crippen LogP contribution is -2.15. The number of carbonyl (C=O) groups excluding carboxylic acids is 1. The molecule has 0 amide bonds. The molecule has 0 unspecified atom stereocenters. The molecule has 0 spiro atoms. The van der Waals surface area contributed by atoms with Crippen molar-refractivity contribution in [2.45, 2.75) is 25.7 Å². The minimum Gasteiger partial charge on any atom is -0.495 e. The Hall–Kier alpha value is -2.34. The molecule has 0 fully saturated rings. The van der Waals surface area contributed by atoms with Crippen molar-refractivity contribution in [1.82, 2.24) is 0 Å². The maximum Gasteiger partial charge on any atom is 0.265 e. The first kappa shape index (κ1) is 17.0. The van der Waals surface area contributed by atoms with Gasteiger partial charge in [-0.3, -0.25) is 9.52 Å². The van der Waals surface area contributed by atoms with Crippen LogP contribution in [0.1, 0.15) is 28.4 Å². The van der Waals surface area contributed by atoms with Crippen molar-refractivity contribution < 1.29 is 17.9 Å². The number of anilines is 1. The Bertz CT molecular complexity index is 857. The van der Waals surface area contributed by atoms with Gasteiger partial charge in [-0.2, -0.15) is 0 Å². The van der Waals surface area contributed by atoms with E-state index in [1.165, 1.54) is 20.1 Å². The summed E-state index contributed by atoms with van der Waals surface area (Å²) in [6, 6.07) is 9.79. The molecule has 0 saturated carbocycles. The van der Waals surface area contributed by atoms with Gasteiger partial charge < -0.3 is 4.74 Å². The molecule has 0 aliphatic heterocycles. The van der Waals surface area contributed by atoms with Crippen LogP contribution in [-0.4, -0.2) is 21.3 Å². The number of sulfonamides is 1. The van der Waals surface area contributed by atoms with Crippen molar-refractivity contribution in [3.63, 3.8) is 0 Å². The summed E-state index contributed by atoms with van der Waals surface area (Å²) in [5.74, 6) is 0.181. The zero-order valence-electron chi connectivity index (χ0n) is 13.5. The first-order valence-corrected chi connectivity index (χ1v) is 8.52. The molecule has 0 saturated heterocycles. The van der Waals surface area contributed by atoms with Crippen LogP contribution in [0, 0.1) is 13.8 Å². The summed E-state index contributed by atoms with van der Waals surface area (Å²) in [4.78, 5) is 11.5. The highest BCUT2D eigenvalue weighted by Crippen LogP contribution is 2.30. The number of rotatable bonds is 5. The van der Waals surface area contributed by atoms with Crippen LogP contribution in [0.3, 0.4) is 0 Å². The maximum atomic E-state index is 12.7. The molecule has 0 aromatic heterocycles. The van der Waals surface area contributed by atoms with Crippen molar-refractivity contribution in [3.05, 3.63) is 53.1 Å². The highest BCUT2D eigenvalue weighted by atomic mass is 32.2. The van der Waals surface area contributed by atoms with E-state index in [0.717, 1.165) is 11.1 Å². The van der Waals surface area contributed by atoms with Crippen LogP contribution in [0.2, 0.25) is 0 Å². The fourth-order valence-electron chi connectivity index (χ4n) is 2.39. The fraction of sp³-hybridized carbons (Fsp3) is 0.235. The van der Waals surface area contributed by atoms with Crippen LogP contribution in [0.5, 0.6) is 5.75 Å². The summed E-state index contributed by atoms with van der Waals surface area (Å²) in [5.41, 5.74) is 2.34. The average Bonchev–Trinajstić information content (AvgIpc) is 2.46. The summed E-state index contributed by atoms with van der Waals surface area (Å²) in [7, 11) is -2.39. The molecule has 0 heterocycles. The summed E-state index contributed by atoms with van der Waals surface area (Å²) >= 11 is 0. The van der Waals surface area contributed by atoms with Crippen LogP contribution < -0.4 is 9.46 Å². The van der Waals surface area contributed by atoms with Crippen LogP contribution in [-0.2, 0) is 10.0 Å². The summed E-state index contributed by atoms with van der Waals surface area (Å²) in [5, 5.41) is 0. The van der Waals surface area contributed by atoms with Crippen molar-refractivity contribution >= 4 is 21.5 Å². The monoisotopic (exact) mass is 333 g/mol. The molecule has 2 aromatic rings. The number of Topliss-reactive ketones (excluding diaryl/α,β-unsaturated/α-hetero) is 1. The van der Waals surface area contributed by atoms with Crippen molar-refractivity contribution in [1.29, 1.82) is 0 Å². The zero-order chi connectivity index (χ0) is 17.2. The Labute approximate surface area is 136 Å². The average molecular weight is 333 g/mol. The zero-order valence-corrected chi connectivity index (χ0v) is 14.3. The SMILES string of the molecule is COc1c(C)cc(C)cc1S(=O)(=O)Nc1cccc(C(C)=O)c1. The molecule has 0 radical (unpaired) electrons. The first-order chi connectivity index (χ1) is 10.7. The predicted octanol–water partition coefficient (Wildman–Crippen LogP) is 3.32. The molecule has 2 rings (SSSR count). The van der Waals surface area contributed by atoms with E-state index < -0.39 is 10.0 Å². The normalized spacial score (nSPS) is 11.1. The number of benzene rings is 2. The molecule has 0 aliphatic rings. The highest BCUT2D eigenvalue weighted by Gasteiger charge is 2.22. The molecule has 1 N–H and O–H groups in total. The molecule has 2 aromatic carbocycles. The Morgan fingerprint density at radius 2 is 1.83 bits per heavy atom. The van der Waals surface area contributed by atoms with Gasteiger partial charge in [0, 0.05) is 11.3 Å². The topological polar surface area (TPSA) is 72.5 Å². The van der Waals surface area contributed by atoms with Crippen LogP contribution in [0.15, 0.2) is 41.3 Å². The van der Waals surface area contributed by atoms with E-state index in [1.807, 2.05) is 13.0 Å². The minimum atomic E-state index is -3.83.